The number of piperidine rings is 1. The van der Waals surface area contributed by atoms with Crippen LogP contribution in [0.15, 0.2) is 36.4 Å². The van der Waals surface area contributed by atoms with Crippen molar-refractivity contribution in [2.45, 2.75) is 25.4 Å². The summed E-state index contributed by atoms with van der Waals surface area (Å²) in [6.45, 7) is 0.401. The van der Waals surface area contributed by atoms with E-state index in [-0.39, 0.29) is 37.8 Å². The van der Waals surface area contributed by atoms with Gasteiger partial charge in [0, 0.05) is 25.6 Å². The normalized spacial score (nSPS) is 16.2. The molecule has 2 amide bonds. The highest BCUT2D eigenvalue weighted by molar-refractivity contribution is 5.83. The fraction of sp³-hybridized carbons (Fsp3) is 0.444. The van der Waals surface area contributed by atoms with E-state index in [9.17, 15) is 22.8 Å². The van der Waals surface area contributed by atoms with Crippen LogP contribution in [-0.2, 0) is 9.59 Å². The van der Waals surface area contributed by atoms with Crippen LogP contribution in [0.3, 0.4) is 0 Å². The van der Waals surface area contributed by atoms with Gasteiger partial charge in [0.25, 0.3) is 0 Å². The van der Waals surface area contributed by atoms with E-state index >= 15 is 0 Å². The van der Waals surface area contributed by atoms with Crippen LogP contribution in [-0.4, -0.2) is 42.5 Å². The third-order valence-corrected chi connectivity index (χ3v) is 4.12. The van der Waals surface area contributed by atoms with Crippen molar-refractivity contribution in [3.05, 3.63) is 42.0 Å². The Morgan fingerprint density at radius 3 is 2.40 bits per heavy atom. The molecule has 1 heterocycles. The summed E-state index contributed by atoms with van der Waals surface area (Å²) in [6, 6.07) is 9.77. The van der Waals surface area contributed by atoms with Crippen LogP contribution < -0.4 is 5.32 Å². The van der Waals surface area contributed by atoms with Gasteiger partial charge in [-0.1, -0.05) is 42.5 Å². The molecule has 1 N–H and O–H groups in total. The topological polar surface area (TPSA) is 49.4 Å². The summed E-state index contributed by atoms with van der Waals surface area (Å²) in [6.07, 6.45) is 0.265. The summed E-state index contributed by atoms with van der Waals surface area (Å²) < 4.78 is 37.1. The molecule has 0 aliphatic carbocycles. The maximum atomic E-state index is 12.4. The summed E-state index contributed by atoms with van der Waals surface area (Å²) in [4.78, 5) is 24.0. The van der Waals surface area contributed by atoms with Gasteiger partial charge < -0.3 is 10.2 Å². The Morgan fingerprint density at radius 2 is 1.80 bits per heavy atom. The molecule has 136 valence electrons. The molecule has 25 heavy (non-hydrogen) atoms. The lowest BCUT2D eigenvalue weighted by Crippen LogP contribution is -2.47. The number of benzene rings is 1. The molecule has 0 aromatic heterocycles. The van der Waals surface area contributed by atoms with E-state index in [2.05, 4.69) is 5.32 Å². The number of likely N-dealkylation sites (tertiary alicyclic amines) is 1. The summed E-state index contributed by atoms with van der Waals surface area (Å²) in [7, 11) is 0. The van der Waals surface area contributed by atoms with Crippen molar-refractivity contribution in [3.8, 4) is 0 Å². The van der Waals surface area contributed by atoms with Crippen LogP contribution in [0.1, 0.15) is 24.8 Å². The maximum absolute atomic E-state index is 12.4. The Balaban J connectivity index is 1.67. The second-order valence-electron chi connectivity index (χ2n) is 5.96. The molecule has 0 atom stereocenters. The number of nitrogens with zero attached hydrogens (tertiary/aromatic N) is 1. The van der Waals surface area contributed by atoms with Crippen LogP contribution in [0.2, 0.25) is 0 Å². The third kappa shape index (κ3) is 5.92. The van der Waals surface area contributed by atoms with Gasteiger partial charge in [0.05, 0.1) is 0 Å². The van der Waals surface area contributed by atoms with E-state index in [0.29, 0.717) is 13.0 Å². The van der Waals surface area contributed by atoms with Crippen molar-refractivity contribution in [1.82, 2.24) is 10.2 Å². The average Bonchev–Trinajstić information content (AvgIpc) is 2.61. The van der Waals surface area contributed by atoms with Gasteiger partial charge in [0.2, 0.25) is 5.91 Å². The predicted octanol–water partition coefficient (Wildman–Crippen LogP) is 3.01. The van der Waals surface area contributed by atoms with Gasteiger partial charge in [-0.15, -0.1) is 0 Å². The third-order valence-electron chi connectivity index (χ3n) is 4.12. The number of halogens is 3. The smallest absolute Gasteiger partial charge is 0.356 e. The number of carbonyl (C=O) groups excluding carboxylic acids is 2. The first kappa shape index (κ1) is 19.0. The zero-order valence-electron chi connectivity index (χ0n) is 13.8. The molecular formula is C18H21F3N2O2. The molecular weight excluding hydrogens is 333 g/mol. The van der Waals surface area contributed by atoms with Gasteiger partial charge in [-0.3, -0.25) is 9.59 Å². The minimum Gasteiger partial charge on any atom is -0.356 e. The van der Waals surface area contributed by atoms with E-state index in [1.807, 2.05) is 42.5 Å². The quantitative estimate of drug-likeness (QED) is 0.827. The highest BCUT2D eigenvalue weighted by Gasteiger charge is 2.43. The second-order valence-corrected chi connectivity index (χ2v) is 5.96. The molecule has 0 saturated carbocycles. The van der Waals surface area contributed by atoms with Crippen LogP contribution in [0.5, 0.6) is 0 Å². The Bertz CT molecular complexity index is 606. The summed E-state index contributed by atoms with van der Waals surface area (Å²) >= 11 is 0. The second kappa shape index (κ2) is 8.69. The van der Waals surface area contributed by atoms with E-state index in [4.69, 9.17) is 0 Å². The Kier molecular flexibility index (Phi) is 6.61. The molecule has 1 aromatic carbocycles. The van der Waals surface area contributed by atoms with Crippen molar-refractivity contribution in [1.29, 1.82) is 0 Å². The van der Waals surface area contributed by atoms with Gasteiger partial charge in [0.1, 0.15) is 0 Å². The Hall–Kier alpha value is -2.31. The summed E-state index contributed by atoms with van der Waals surface area (Å²) in [5.74, 6) is -2.32. The standard InChI is InChI=1S/C18H21F3N2O2/c19-18(20,21)17(25)23-12-9-15(10-13-23)16(24)22-11-5-4-8-14-6-2-1-3-7-14/h1-4,6-8,15H,5,9-13H2,(H,22,24)/b8-4+. The van der Waals surface area contributed by atoms with Gasteiger partial charge in [-0.25, -0.2) is 0 Å². The highest BCUT2D eigenvalue weighted by atomic mass is 19.4. The zero-order chi connectivity index (χ0) is 18.3. The largest absolute Gasteiger partial charge is 0.471 e. The fourth-order valence-corrected chi connectivity index (χ4v) is 2.73. The molecule has 0 unspecified atom stereocenters. The van der Waals surface area contributed by atoms with Crippen molar-refractivity contribution in [2.75, 3.05) is 19.6 Å². The van der Waals surface area contributed by atoms with Crippen LogP contribution in [0, 0.1) is 5.92 Å². The Morgan fingerprint density at radius 1 is 1.16 bits per heavy atom. The fourth-order valence-electron chi connectivity index (χ4n) is 2.73. The first-order chi connectivity index (χ1) is 11.9. The predicted molar refractivity (Wildman–Crippen MR) is 88.5 cm³/mol. The van der Waals surface area contributed by atoms with Crippen LogP contribution in [0.25, 0.3) is 6.08 Å². The monoisotopic (exact) mass is 354 g/mol. The summed E-state index contributed by atoms with van der Waals surface area (Å²) in [5.41, 5.74) is 1.08. The number of carbonyl (C=O) groups is 2. The first-order valence-corrected chi connectivity index (χ1v) is 8.23. The van der Waals surface area contributed by atoms with Gasteiger partial charge in [-0.05, 0) is 24.8 Å². The molecule has 2 rings (SSSR count). The lowest BCUT2D eigenvalue weighted by molar-refractivity contribution is -0.186. The molecule has 0 radical (unpaired) electrons. The molecule has 1 aliphatic heterocycles. The average molecular weight is 354 g/mol. The van der Waals surface area contributed by atoms with E-state index in [1.165, 1.54) is 0 Å². The zero-order valence-corrected chi connectivity index (χ0v) is 13.8. The van der Waals surface area contributed by atoms with Crippen molar-refractivity contribution >= 4 is 17.9 Å². The minimum absolute atomic E-state index is 0.0374. The maximum Gasteiger partial charge on any atom is 0.471 e. The molecule has 4 nitrogen and oxygen atoms in total. The molecule has 0 bridgehead atoms. The van der Waals surface area contributed by atoms with Crippen molar-refractivity contribution < 1.29 is 22.8 Å². The molecule has 1 aliphatic rings. The van der Waals surface area contributed by atoms with Gasteiger partial charge >= 0.3 is 12.1 Å². The summed E-state index contributed by atoms with van der Waals surface area (Å²) in [5, 5.41) is 2.80. The number of hydrogen-bond acceptors (Lipinski definition) is 2. The lowest BCUT2D eigenvalue weighted by atomic mass is 9.96. The minimum atomic E-state index is -4.85. The SMILES string of the molecule is O=C(NCC/C=C/c1ccccc1)C1CCN(C(=O)C(F)(F)F)CC1. The van der Waals surface area contributed by atoms with Gasteiger partial charge in [0.15, 0.2) is 0 Å². The highest BCUT2D eigenvalue weighted by Crippen LogP contribution is 2.23. The number of alkyl halides is 3. The van der Waals surface area contributed by atoms with E-state index < -0.39 is 12.1 Å². The molecule has 7 heteroatoms. The van der Waals surface area contributed by atoms with Crippen LogP contribution in [0.4, 0.5) is 13.2 Å². The number of amides is 2. The van der Waals surface area contributed by atoms with E-state index in [1.54, 1.807) is 0 Å². The molecule has 1 saturated heterocycles. The Labute approximate surface area is 144 Å². The molecule has 1 fully saturated rings. The molecule has 1 aromatic rings. The van der Waals surface area contributed by atoms with E-state index in [0.717, 1.165) is 10.5 Å². The first-order valence-electron chi connectivity index (χ1n) is 8.23. The van der Waals surface area contributed by atoms with Gasteiger partial charge in [-0.2, -0.15) is 13.2 Å². The number of hydrogen-bond donors (Lipinski definition) is 1. The van der Waals surface area contributed by atoms with Crippen molar-refractivity contribution in [3.63, 3.8) is 0 Å². The van der Waals surface area contributed by atoms with Crippen LogP contribution >= 0.6 is 0 Å². The van der Waals surface area contributed by atoms with Crippen molar-refractivity contribution in [2.24, 2.45) is 5.92 Å². The molecule has 0 spiro atoms. The number of nitrogens with one attached hydrogen (secondary N) is 1. The lowest BCUT2D eigenvalue weighted by Gasteiger charge is -2.31. The number of rotatable bonds is 5.